The molecule has 1 aromatic heterocycles. The molecular weight excluding hydrogens is 278 g/mol. The van der Waals surface area contributed by atoms with Crippen LogP contribution in [0.5, 0.6) is 0 Å². The molecule has 5 nitrogen and oxygen atoms in total. The Labute approximate surface area is 129 Å². The first-order valence-electron chi connectivity index (χ1n) is 7.68. The summed E-state index contributed by atoms with van der Waals surface area (Å²) < 4.78 is 1.33. The van der Waals surface area contributed by atoms with Crippen LogP contribution in [0.15, 0.2) is 35.1 Å². The molecule has 0 aliphatic heterocycles. The molecule has 1 aliphatic rings. The van der Waals surface area contributed by atoms with Gasteiger partial charge in [-0.15, -0.1) is 0 Å². The van der Waals surface area contributed by atoms with Crippen molar-refractivity contribution < 1.29 is 4.79 Å². The molecule has 0 spiro atoms. The predicted molar refractivity (Wildman–Crippen MR) is 85.2 cm³/mol. The molecule has 0 bridgehead atoms. The second-order valence-corrected chi connectivity index (χ2v) is 5.57. The number of nitrogens with one attached hydrogen (secondary N) is 1. The molecule has 1 aromatic carbocycles. The Hall–Kier alpha value is -2.43. The number of fused-ring (bicyclic) bond motifs is 1. The minimum Gasteiger partial charge on any atom is -0.321 e. The van der Waals surface area contributed by atoms with Crippen LogP contribution in [-0.4, -0.2) is 15.7 Å². The lowest BCUT2D eigenvalue weighted by Crippen LogP contribution is -2.26. The predicted octanol–water partition coefficient (Wildman–Crippen LogP) is 2.39. The normalized spacial score (nSPS) is 13.0. The van der Waals surface area contributed by atoms with Crippen molar-refractivity contribution in [3.63, 3.8) is 0 Å². The highest BCUT2D eigenvalue weighted by atomic mass is 16.2. The summed E-state index contributed by atoms with van der Waals surface area (Å²) in [5, 5.41) is 6.98. The minimum absolute atomic E-state index is 0.184. The molecule has 0 atom stereocenters. The van der Waals surface area contributed by atoms with Crippen molar-refractivity contribution in [1.82, 2.24) is 9.78 Å². The smallest absolute Gasteiger partial charge is 0.276 e. The van der Waals surface area contributed by atoms with E-state index in [1.807, 2.05) is 19.1 Å². The van der Waals surface area contributed by atoms with Crippen LogP contribution in [0.1, 0.15) is 41.4 Å². The number of anilines is 1. The third-order valence-corrected chi connectivity index (χ3v) is 3.89. The zero-order valence-corrected chi connectivity index (χ0v) is 12.6. The van der Waals surface area contributed by atoms with Crippen molar-refractivity contribution in [1.29, 1.82) is 0 Å². The first-order chi connectivity index (χ1) is 10.7. The monoisotopic (exact) mass is 297 g/mol. The summed E-state index contributed by atoms with van der Waals surface area (Å²) >= 11 is 0. The number of aromatic nitrogens is 2. The number of aryl methyl sites for hydroxylation is 3. The van der Waals surface area contributed by atoms with Crippen molar-refractivity contribution in [2.45, 2.75) is 39.2 Å². The molecule has 1 heterocycles. The highest BCUT2D eigenvalue weighted by Crippen LogP contribution is 2.25. The average molecular weight is 297 g/mol. The summed E-state index contributed by atoms with van der Waals surface area (Å²) in [6, 6.07) is 8.88. The number of benzene rings is 1. The summed E-state index contributed by atoms with van der Waals surface area (Å²) in [7, 11) is 0. The number of amides is 1. The van der Waals surface area contributed by atoms with E-state index in [1.54, 1.807) is 0 Å². The number of hydrogen-bond acceptors (Lipinski definition) is 3. The number of hydrogen-bond donors (Lipinski definition) is 1. The summed E-state index contributed by atoms with van der Waals surface area (Å²) in [6.07, 6.45) is 4.16. The molecule has 1 amide bonds. The molecule has 0 unspecified atom stereocenters. The Morgan fingerprint density at radius 3 is 2.86 bits per heavy atom. The van der Waals surface area contributed by atoms with E-state index in [1.165, 1.54) is 34.4 Å². The van der Waals surface area contributed by atoms with Crippen molar-refractivity contribution in [3.8, 4) is 0 Å². The number of nitrogens with zero attached hydrogens (tertiary/aromatic N) is 2. The van der Waals surface area contributed by atoms with Gasteiger partial charge >= 0.3 is 0 Å². The molecule has 2 aromatic rings. The Morgan fingerprint density at radius 2 is 2.05 bits per heavy atom. The summed E-state index contributed by atoms with van der Waals surface area (Å²) in [4.78, 5) is 23.9. The summed E-state index contributed by atoms with van der Waals surface area (Å²) in [5.74, 6) is -0.289. The van der Waals surface area contributed by atoms with Gasteiger partial charge in [0.25, 0.3) is 11.5 Å². The van der Waals surface area contributed by atoms with Gasteiger partial charge in [0.15, 0.2) is 0 Å². The Morgan fingerprint density at radius 1 is 1.23 bits per heavy atom. The lowest BCUT2D eigenvalue weighted by Gasteiger charge is -2.08. The van der Waals surface area contributed by atoms with Crippen molar-refractivity contribution >= 4 is 11.6 Å². The van der Waals surface area contributed by atoms with Crippen LogP contribution >= 0.6 is 0 Å². The van der Waals surface area contributed by atoms with Gasteiger partial charge in [-0.05, 0) is 55.0 Å². The van der Waals surface area contributed by atoms with Crippen LogP contribution in [0.3, 0.4) is 0 Å². The molecule has 0 radical (unpaired) electrons. The molecule has 0 saturated heterocycles. The van der Waals surface area contributed by atoms with Crippen LogP contribution in [0.25, 0.3) is 0 Å². The van der Waals surface area contributed by atoms with E-state index in [-0.39, 0.29) is 17.2 Å². The largest absolute Gasteiger partial charge is 0.321 e. The molecular formula is C17H19N3O2. The fourth-order valence-electron chi connectivity index (χ4n) is 2.79. The van der Waals surface area contributed by atoms with E-state index in [9.17, 15) is 9.59 Å². The van der Waals surface area contributed by atoms with Gasteiger partial charge in [0.05, 0.1) is 0 Å². The maximum atomic E-state index is 12.3. The zero-order valence-electron chi connectivity index (χ0n) is 12.6. The third kappa shape index (κ3) is 2.93. The van der Waals surface area contributed by atoms with Crippen LogP contribution in [-0.2, 0) is 19.4 Å². The second-order valence-electron chi connectivity index (χ2n) is 5.57. The van der Waals surface area contributed by atoms with Crippen LogP contribution in [0.4, 0.5) is 5.69 Å². The maximum Gasteiger partial charge on any atom is 0.276 e. The molecule has 1 aliphatic carbocycles. The summed E-state index contributed by atoms with van der Waals surface area (Å²) in [6.45, 7) is 2.48. The van der Waals surface area contributed by atoms with Gasteiger partial charge in [-0.2, -0.15) is 5.10 Å². The molecule has 5 heteroatoms. The maximum absolute atomic E-state index is 12.3. The topological polar surface area (TPSA) is 64.0 Å². The van der Waals surface area contributed by atoms with E-state index in [0.717, 1.165) is 24.9 Å². The van der Waals surface area contributed by atoms with Crippen LogP contribution in [0, 0.1) is 0 Å². The Bertz CT molecular complexity index is 765. The van der Waals surface area contributed by atoms with Gasteiger partial charge in [-0.3, -0.25) is 9.59 Å². The first kappa shape index (κ1) is 14.5. The molecule has 114 valence electrons. The van der Waals surface area contributed by atoms with Gasteiger partial charge < -0.3 is 5.32 Å². The van der Waals surface area contributed by atoms with Crippen molar-refractivity contribution in [3.05, 3.63) is 57.5 Å². The number of rotatable bonds is 4. The second kappa shape index (κ2) is 6.13. The number of carbonyl (C=O) groups is 1. The van der Waals surface area contributed by atoms with Gasteiger partial charge in [0.1, 0.15) is 5.69 Å². The van der Waals surface area contributed by atoms with Crippen molar-refractivity contribution in [2.75, 3.05) is 5.32 Å². The highest BCUT2D eigenvalue weighted by molar-refractivity contribution is 6.02. The molecule has 22 heavy (non-hydrogen) atoms. The molecule has 3 rings (SSSR count). The Balaban J connectivity index is 1.79. The van der Waals surface area contributed by atoms with Gasteiger partial charge in [-0.25, -0.2) is 4.68 Å². The Kier molecular flexibility index (Phi) is 4.04. The standard InChI is InChI=1S/C17H19N3O2/c1-2-10-20-16(21)9-8-15(19-20)17(22)18-14-7-6-12-4-3-5-13(12)11-14/h6-9,11H,2-5,10H2,1H3,(H,18,22). The van der Waals surface area contributed by atoms with Crippen molar-refractivity contribution in [2.24, 2.45) is 0 Å². The average Bonchev–Trinajstić information content (AvgIpc) is 2.97. The van der Waals surface area contributed by atoms with Gasteiger partial charge in [0.2, 0.25) is 0 Å². The fourth-order valence-corrected chi connectivity index (χ4v) is 2.79. The van der Waals surface area contributed by atoms with Crippen LogP contribution < -0.4 is 10.9 Å². The quantitative estimate of drug-likeness (QED) is 0.942. The van der Waals surface area contributed by atoms with E-state index in [4.69, 9.17) is 0 Å². The van der Waals surface area contributed by atoms with E-state index >= 15 is 0 Å². The summed E-state index contributed by atoms with van der Waals surface area (Å²) in [5.41, 5.74) is 3.53. The lowest BCUT2D eigenvalue weighted by atomic mass is 10.1. The fraction of sp³-hybridized carbons (Fsp3) is 0.353. The van der Waals surface area contributed by atoms with E-state index < -0.39 is 0 Å². The van der Waals surface area contributed by atoms with Gasteiger partial charge in [-0.1, -0.05) is 13.0 Å². The SMILES string of the molecule is CCCn1nc(C(=O)Nc2ccc3c(c2)CCC3)ccc1=O. The minimum atomic E-state index is -0.289. The third-order valence-electron chi connectivity index (χ3n) is 3.89. The molecule has 1 N–H and O–H groups in total. The van der Waals surface area contributed by atoms with E-state index in [2.05, 4.69) is 16.5 Å². The van der Waals surface area contributed by atoms with Gasteiger partial charge in [0, 0.05) is 18.3 Å². The highest BCUT2D eigenvalue weighted by Gasteiger charge is 2.13. The zero-order chi connectivity index (χ0) is 15.5. The number of carbonyl (C=O) groups excluding carboxylic acids is 1. The molecule has 0 fully saturated rings. The van der Waals surface area contributed by atoms with Crippen LogP contribution in [0.2, 0.25) is 0 Å². The van der Waals surface area contributed by atoms with E-state index in [0.29, 0.717) is 6.54 Å². The first-order valence-corrected chi connectivity index (χ1v) is 7.68. The molecule has 0 saturated carbocycles. The lowest BCUT2D eigenvalue weighted by molar-refractivity contribution is 0.102.